The molecule has 0 amide bonds. The van der Waals surface area contributed by atoms with E-state index in [0.29, 0.717) is 5.92 Å². The molecular formula is C15H24O2. The molecule has 1 aromatic rings. The van der Waals surface area contributed by atoms with Crippen LogP contribution in [0.3, 0.4) is 0 Å². The van der Waals surface area contributed by atoms with E-state index in [1.165, 1.54) is 5.56 Å². The molecule has 0 atom stereocenters. The standard InChI is InChI=1S/C15H24O2/c1-12(2)8-9-15(10-16,11-17)14-6-4-13(3)5-7-14/h4-7,12,16-17H,8-11H2,1-3H3. The van der Waals surface area contributed by atoms with Gasteiger partial charge in [-0.1, -0.05) is 43.7 Å². The van der Waals surface area contributed by atoms with Gasteiger partial charge in [-0.25, -0.2) is 0 Å². The van der Waals surface area contributed by atoms with Crippen molar-refractivity contribution < 1.29 is 10.2 Å². The molecule has 96 valence electrons. The molecule has 0 bridgehead atoms. The molecule has 0 saturated carbocycles. The molecule has 2 nitrogen and oxygen atoms in total. The van der Waals surface area contributed by atoms with Crippen LogP contribution in [0.2, 0.25) is 0 Å². The fourth-order valence-electron chi connectivity index (χ4n) is 2.01. The molecule has 17 heavy (non-hydrogen) atoms. The average Bonchev–Trinajstić information content (AvgIpc) is 2.32. The first-order chi connectivity index (χ1) is 8.04. The van der Waals surface area contributed by atoms with E-state index in [1.54, 1.807) is 0 Å². The Hall–Kier alpha value is -0.860. The van der Waals surface area contributed by atoms with E-state index in [4.69, 9.17) is 0 Å². The lowest BCUT2D eigenvalue weighted by molar-refractivity contribution is 0.105. The van der Waals surface area contributed by atoms with Gasteiger partial charge in [-0.15, -0.1) is 0 Å². The zero-order chi connectivity index (χ0) is 12.9. The van der Waals surface area contributed by atoms with Crippen molar-refractivity contribution >= 4 is 0 Å². The molecule has 0 heterocycles. The fraction of sp³-hybridized carbons (Fsp3) is 0.600. The molecular weight excluding hydrogens is 212 g/mol. The zero-order valence-electron chi connectivity index (χ0n) is 11.1. The van der Waals surface area contributed by atoms with Crippen LogP contribution < -0.4 is 0 Å². The first kappa shape index (κ1) is 14.2. The second-order valence-corrected chi connectivity index (χ2v) is 5.40. The molecule has 0 unspecified atom stereocenters. The maximum absolute atomic E-state index is 9.65. The van der Waals surface area contributed by atoms with Gasteiger partial charge in [-0.05, 0) is 31.2 Å². The molecule has 0 aliphatic rings. The molecule has 0 radical (unpaired) electrons. The molecule has 0 aliphatic carbocycles. The van der Waals surface area contributed by atoms with Crippen molar-refractivity contribution in [3.05, 3.63) is 35.4 Å². The Morgan fingerprint density at radius 2 is 1.59 bits per heavy atom. The number of hydrogen-bond donors (Lipinski definition) is 2. The average molecular weight is 236 g/mol. The molecule has 0 aliphatic heterocycles. The summed E-state index contributed by atoms with van der Waals surface area (Å²) in [4.78, 5) is 0. The minimum Gasteiger partial charge on any atom is -0.395 e. The predicted molar refractivity (Wildman–Crippen MR) is 71.1 cm³/mol. The summed E-state index contributed by atoms with van der Waals surface area (Å²) in [6, 6.07) is 8.10. The minimum absolute atomic E-state index is 0.000713. The van der Waals surface area contributed by atoms with E-state index in [2.05, 4.69) is 13.8 Å². The van der Waals surface area contributed by atoms with Crippen LogP contribution in [0, 0.1) is 12.8 Å². The van der Waals surface area contributed by atoms with Gasteiger partial charge in [-0.3, -0.25) is 0 Å². The van der Waals surface area contributed by atoms with Gasteiger partial charge in [0.15, 0.2) is 0 Å². The first-order valence-corrected chi connectivity index (χ1v) is 6.33. The van der Waals surface area contributed by atoms with Crippen molar-refractivity contribution in [3.8, 4) is 0 Å². The molecule has 0 saturated heterocycles. The van der Waals surface area contributed by atoms with Crippen molar-refractivity contribution in [2.75, 3.05) is 13.2 Å². The Morgan fingerprint density at radius 1 is 1.06 bits per heavy atom. The largest absolute Gasteiger partial charge is 0.395 e. The van der Waals surface area contributed by atoms with Crippen molar-refractivity contribution in [2.45, 2.75) is 39.0 Å². The lowest BCUT2D eigenvalue weighted by atomic mass is 9.76. The van der Waals surface area contributed by atoms with Crippen molar-refractivity contribution in [3.63, 3.8) is 0 Å². The zero-order valence-corrected chi connectivity index (χ0v) is 11.1. The second-order valence-electron chi connectivity index (χ2n) is 5.40. The van der Waals surface area contributed by atoms with Gasteiger partial charge >= 0.3 is 0 Å². The van der Waals surface area contributed by atoms with Gasteiger partial charge in [0.1, 0.15) is 0 Å². The number of benzene rings is 1. The highest BCUT2D eigenvalue weighted by Gasteiger charge is 2.30. The maximum Gasteiger partial charge on any atom is 0.0550 e. The number of aliphatic hydroxyl groups excluding tert-OH is 2. The Bertz CT molecular complexity index is 323. The topological polar surface area (TPSA) is 40.5 Å². The lowest BCUT2D eigenvalue weighted by Crippen LogP contribution is -2.35. The van der Waals surface area contributed by atoms with Crippen LogP contribution in [-0.2, 0) is 5.41 Å². The maximum atomic E-state index is 9.65. The lowest BCUT2D eigenvalue weighted by Gasteiger charge is -2.31. The van der Waals surface area contributed by atoms with Crippen LogP contribution in [0.4, 0.5) is 0 Å². The molecule has 0 fully saturated rings. The Kier molecular flexibility index (Phi) is 5.16. The third-order valence-corrected chi connectivity index (χ3v) is 3.47. The predicted octanol–water partition coefficient (Wildman–Crippen LogP) is 2.65. The summed E-state index contributed by atoms with van der Waals surface area (Å²) in [5.74, 6) is 0.581. The summed E-state index contributed by atoms with van der Waals surface area (Å²) in [5, 5.41) is 19.3. The normalized spacial score (nSPS) is 12.1. The van der Waals surface area contributed by atoms with Crippen molar-refractivity contribution in [1.82, 2.24) is 0 Å². The van der Waals surface area contributed by atoms with Gasteiger partial charge in [0.2, 0.25) is 0 Å². The Morgan fingerprint density at radius 3 is 2.00 bits per heavy atom. The van der Waals surface area contributed by atoms with E-state index in [-0.39, 0.29) is 13.2 Å². The number of rotatable bonds is 6. The second kappa shape index (κ2) is 6.18. The minimum atomic E-state index is -0.488. The van der Waals surface area contributed by atoms with E-state index in [0.717, 1.165) is 18.4 Å². The number of hydrogen-bond acceptors (Lipinski definition) is 2. The molecule has 2 N–H and O–H groups in total. The SMILES string of the molecule is Cc1ccc(C(CO)(CO)CCC(C)C)cc1. The molecule has 1 aromatic carbocycles. The van der Waals surface area contributed by atoms with Crippen LogP contribution in [0.25, 0.3) is 0 Å². The molecule has 1 rings (SSSR count). The van der Waals surface area contributed by atoms with Crippen molar-refractivity contribution in [1.29, 1.82) is 0 Å². The third kappa shape index (κ3) is 3.55. The summed E-state index contributed by atoms with van der Waals surface area (Å²) in [5.41, 5.74) is 1.74. The first-order valence-electron chi connectivity index (χ1n) is 6.33. The van der Waals surface area contributed by atoms with E-state index < -0.39 is 5.41 Å². The third-order valence-electron chi connectivity index (χ3n) is 3.47. The van der Waals surface area contributed by atoms with E-state index in [1.807, 2.05) is 31.2 Å². The van der Waals surface area contributed by atoms with Crippen LogP contribution in [-0.4, -0.2) is 23.4 Å². The summed E-state index contributed by atoms with van der Waals surface area (Å²) in [6.45, 7) is 6.36. The fourth-order valence-corrected chi connectivity index (χ4v) is 2.01. The van der Waals surface area contributed by atoms with Gasteiger partial charge in [0.05, 0.1) is 13.2 Å². The highest BCUT2D eigenvalue weighted by atomic mass is 16.3. The van der Waals surface area contributed by atoms with Crippen molar-refractivity contribution in [2.24, 2.45) is 5.92 Å². The summed E-state index contributed by atoms with van der Waals surface area (Å²) in [6.07, 6.45) is 1.83. The molecule has 0 spiro atoms. The quantitative estimate of drug-likeness (QED) is 0.797. The van der Waals surface area contributed by atoms with Crippen LogP contribution >= 0.6 is 0 Å². The summed E-state index contributed by atoms with van der Waals surface area (Å²) < 4.78 is 0. The van der Waals surface area contributed by atoms with Gasteiger partial charge in [0.25, 0.3) is 0 Å². The summed E-state index contributed by atoms with van der Waals surface area (Å²) in [7, 11) is 0. The van der Waals surface area contributed by atoms with E-state index >= 15 is 0 Å². The highest BCUT2D eigenvalue weighted by Crippen LogP contribution is 2.30. The Labute approximate surface area is 104 Å². The molecule has 0 aromatic heterocycles. The van der Waals surface area contributed by atoms with Gasteiger partial charge < -0.3 is 10.2 Å². The Balaban J connectivity index is 2.93. The monoisotopic (exact) mass is 236 g/mol. The van der Waals surface area contributed by atoms with Gasteiger partial charge in [-0.2, -0.15) is 0 Å². The van der Waals surface area contributed by atoms with E-state index in [9.17, 15) is 10.2 Å². The van der Waals surface area contributed by atoms with Crippen LogP contribution in [0.1, 0.15) is 37.8 Å². The number of aryl methyl sites for hydroxylation is 1. The number of aliphatic hydroxyl groups is 2. The highest BCUT2D eigenvalue weighted by molar-refractivity contribution is 5.29. The summed E-state index contributed by atoms with van der Waals surface area (Å²) >= 11 is 0. The van der Waals surface area contributed by atoms with Crippen LogP contribution in [0.15, 0.2) is 24.3 Å². The van der Waals surface area contributed by atoms with Gasteiger partial charge in [0, 0.05) is 5.41 Å². The molecule has 2 heteroatoms. The smallest absolute Gasteiger partial charge is 0.0550 e. The van der Waals surface area contributed by atoms with Crippen LogP contribution in [0.5, 0.6) is 0 Å².